The van der Waals surface area contributed by atoms with Gasteiger partial charge in [-0.05, 0) is 83.4 Å². The summed E-state index contributed by atoms with van der Waals surface area (Å²) in [4.78, 5) is 13.6. The lowest BCUT2D eigenvalue weighted by Gasteiger charge is -2.33. The van der Waals surface area contributed by atoms with Crippen molar-refractivity contribution in [2.75, 3.05) is 4.90 Å². The van der Waals surface area contributed by atoms with E-state index in [-0.39, 0.29) is 12.0 Å². The monoisotopic (exact) mass is 805 g/mol. The van der Waals surface area contributed by atoms with Crippen molar-refractivity contribution in [3.8, 4) is 45.0 Å². The van der Waals surface area contributed by atoms with Crippen LogP contribution in [0.25, 0.3) is 84.1 Å². The molecule has 0 radical (unpaired) electrons. The van der Waals surface area contributed by atoms with Gasteiger partial charge in [0.2, 0.25) is 0 Å². The lowest BCUT2D eigenvalue weighted by Crippen LogP contribution is -2.26. The Morgan fingerprint density at radius 2 is 0.921 bits per heavy atom. The molecule has 0 saturated heterocycles. The molecule has 296 valence electrons. The van der Waals surface area contributed by atoms with E-state index >= 15 is 0 Å². The fourth-order valence-electron chi connectivity index (χ4n) is 10.3. The van der Waals surface area contributed by atoms with Crippen molar-refractivity contribution >= 4 is 50.4 Å². The number of hydrogen-bond donors (Lipinski definition) is 0. The Bertz CT molecular complexity index is 3560. The molecule has 0 spiro atoms. The first-order valence-corrected chi connectivity index (χ1v) is 21.7. The SMILES string of the molecule is C1=CC2c3ccccc3N(c3ccccc3)C2c2c1c1cc(-c3ccc4c(c3)c3nc(-c5ccccc5)c(-c5ccccc5)nc3n4-c3ccccc3)ccc1n2-c1ccccc1. The van der Waals surface area contributed by atoms with E-state index in [2.05, 4.69) is 226 Å². The van der Waals surface area contributed by atoms with Gasteiger partial charge in [-0.1, -0.05) is 158 Å². The highest BCUT2D eigenvalue weighted by Crippen LogP contribution is 2.57. The second-order valence-electron chi connectivity index (χ2n) is 16.5. The van der Waals surface area contributed by atoms with Crippen LogP contribution in [0.5, 0.6) is 0 Å². The van der Waals surface area contributed by atoms with Gasteiger partial charge in [0.25, 0.3) is 0 Å². The third-order valence-electron chi connectivity index (χ3n) is 13.0. The quantitative estimate of drug-likeness (QED) is 0.168. The minimum atomic E-state index is 0.0690. The van der Waals surface area contributed by atoms with Crippen molar-refractivity contribution < 1.29 is 0 Å². The summed E-state index contributed by atoms with van der Waals surface area (Å²) in [7, 11) is 0. The van der Waals surface area contributed by atoms with Crippen LogP contribution in [0.3, 0.4) is 0 Å². The van der Waals surface area contributed by atoms with E-state index in [9.17, 15) is 0 Å². The molecule has 13 rings (SSSR count). The van der Waals surface area contributed by atoms with Gasteiger partial charge in [0.05, 0.1) is 34.2 Å². The van der Waals surface area contributed by atoms with E-state index in [0.29, 0.717) is 0 Å². The molecule has 8 aromatic carbocycles. The zero-order valence-corrected chi connectivity index (χ0v) is 34.3. The molecule has 0 N–H and O–H groups in total. The number of aromatic nitrogens is 4. The Morgan fingerprint density at radius 3 is 1.56 bits per heavy atom. The van der Waals surface area contributed by atoms with Crippen molar-refractivity contribution in [3.05, 3.63) is 235 Å². The first kappa shape index (κ1) is 35.5. The molecule has 0 saturated carbocycles. The van der Waals surface area contributed by atoms with Gasteiger partial charge in [-0.3, -0.25) is 4.57 Å². The van der Waals surface area contributed by atoms with Crippen molar-refractivity contribution in [2.24, 2.45) is 0 Å². The molecule has 2 aliphatic rings. The lowest BCUT2D eigenvalue weighted by molar-refractivity contribution is 0.636. The molecule has 2 unspecified atom stereocenters. The first-order valence-electron chi connectivity index (χ1n) is 21.7. The predicted molar refractivity (Wildman–Crippen MR) is 259 cm³/mol. The van der Waals surface area contributed by atoms with Crippen molar-refractivity contribution in [1.29, 1.82) is 0 Å². The van der Waals surface area contributed by atoms with Gasteiger partial charge < -0.3 is 9.47 Å². The highest BCUT2D eigenvalue weighted by molar-refractivity contribution is 6.09. The van der Waals surface area contributed by atoms with E-state index in [1.807, 2.05) is 12.1 Å². The van der Waals surface area contributed by atoms with Crippen molar-refractivity contribution in [1.82, 2.24) is 19.1 Å². The number of hydrogen-bond acceptors (Lipinski definition) is 3. The van der Waals surface area contributed by atoms with Crippen LogP contribution >= 0.6 is 0 Å². The summed E-state index contributed by atoms with van der Waals surface area (Å²) in [6.07, 6.45) is 4.82. The van der Waals surface area contributed by atoms with E-state index in [0.717, 1.165) is 67.1 Å². The molecule has 63 heavy (non-hydrogen) atoms. The van der Waals surface area contributed by atoms with E-state index in [1.54, 1.807) is 0 Å². The minimum Gasteiger partial charge on any atom is -0.331 e. The largest absolute Gasteiger partial charge is 0.331 e. The third-order valence-corrected chi connectivity index (χ3v) is 13.0. The standard InChI is InChI=1S/C58H39N5/c1-6-18-38(19-7-1)53-54(39-20-8-2-9-21-39)60-58-55(59-53)49-37-41(31-35-52(49)63(58)44-26-14-5-15-27-44)40-30-34-51-48(36-40)47-33-32-46-45-28-16-17-29-50(45)61(42-22-10-3-11-23-42)56(46)57(47)62(51)43-24-12-4-13-25-43/h1-37,46,56H. The molecule has 5 nitrogen and oxygen atoms in total. The molecular formula is C58H39N5. The molecule has 3 aromatic heterocycles. The van der Waals surface area contributed by atoms with Gasteiger partial charge in [0.15, 0.2) is 5.65 Å². The van der Waals surface area contributed by atoms with Gasteiger partial charge in [-0.15, -0.1) is 0 Å². The van der Waals surface area contributed by atoms with E-state index in [1.165, 1.54) is 39.1 Å². The molecule has 5 heteroatoms. The molecule has 0 amide bonds. The summed E-state index contributed by atoms with van der Waals surface area (Å²) in [5, 5.41) is 2.29. The number of nitrogens with zero attached hydrogens (tertiary/aromatic N) is 5. The summed E-state index contributed by atoms with van der Waals surface area (Å²) in [6, 6.07) is 76.0. The van der Waals surface area contributed by atoms with Crippen LogP contribution in [-0.2, 0) is 0 Å². The summed E-state index contributed by atoms with van der Waals surface area (Å²) >= 11 is 0. The Kier molecular flexibility index (Phi) is 7.97. The number of fused-ring (bicyclic) bond motifs is 10. The molecule has 1 aliphatic carbocycles. The third kappa shape index (κ3) is 5.49. The average Bonchev–Trinajstić information content (AvgIpc) is 4.00. The Morgan fingerprint density at radius 1 is 0.413 bits per heavy atom. The number of rotatable bonds is 6. The topological polar surface area (TPSA) is 38.9 Å². The van der Waals surface area contributed by atoms with Gasteiger partial charge >= 0.3 is 0 Å². The summed E-state index contributed by atoms with van der Waals surface area (Å²) < 4.78 is 4.78. The lowest BCUT2D eigenvalue weighted by atomic mass is 9.85. The van der Waals surface area contributed by atoms with E-state index in [4.69, 9.17) is 9.97 Å². The van der Waals surface area contributed by atoms with Gasteiger partial charge in [-0.2, -0.15) is 0 Å². The fourth-order valence-corrected chi connectivity index (χ4v) is 10.3. The fraction of sp³-hybridized carbons (Fsp3) is 0.0345. The summed E-state index contributed by atoms with van der Waals surface area (Å²) in [5.74, 6) is 0.203. The van der Waals surface area contributed by atoms with Gasteiger partial charge in [0.1, 0.15) is 5.52 Å². The average molecular weight is 806 g/mol. The maximum Gasteiger partial charge on any atom is 0.165 e. The van der Waals surface area contributed by atoms with Crippen molar-refractivity contribution in [2.45, 2.75) is 12.0 Å². The molecular weight excluding hydrogens is 767 g/mol. The maximum absolute atomic E-state index is 5.55. The highest BCUT2D eigenvalue weighted by Gasteiger charge is 2.44. The molecule has 11 aromatic rings. The van der Waals surface area contributed by atoms with Crippen LogP contribution < -0.4 is 4.90 Å². The minimum absolute atomic E-state index is 0.0690. The molecule has 1 aliphatic heterocycles. The van der Waals surface area contributed by atoms with Crippen LogP contribution in [-0.4, -0.2) is 19.1 Å². The van der Waals surface area contributed by atoms with Crippen LogP contribution in [0.15, 0.2) is 218 Å². The van der Waals surface area contributed by atoms with Gasteiger partial charge in [-0.25, -0.2) is 9.97 Å². The predicted octanol–water partition coefficient (Wildman–Crippen LogP) is 14.5. The zero-order valence-electron chi connectivity index (χ0n) is 34.3. The summed E-state index contributed by atoms with van der Waals surface area (Å²) in [6.45, 7) is 0. The Balaban J connectivity index is 1.04. The second kappa shape index (κ2) is 14.2. The van der Waals surface area contributed by atoms with Crippen LogP contribution in [0.2, 0.25) is 0 Å². The first-order chi connectivity index (χ1) is 31.3. The molecule has 4 heterocycles. The highest BCUT2D eigenvalue weighted by atomic mass is 15.2. The number of benzene rings is 8. The van der Waals surface area contributed by atoms with Crippen molar-refractivity contribution in [3.63, 3.8) is 0 Å². The second-order valence-corrected chi connectivity index (χ2v) is 16.5. The molecule has 0 bridgehead atoms. The number of para-hydroxylation sites is 4. The normalized spacial score (nSPS) is 15.2. The smallest absolute Gasteiger partial charge is 0.165 e. The van der Waals surface area contributed by atoms with Crippen LogP contribution in [0.4, 0.5) is 11.4 Å². The number of anilines is 2. The van der Waals surface area contributed by atoms with Crippen LogP contribution in [0.1, 0.15) is 28.8 Å². The maximum atomic E-state index is 5.55. The molecule has 0 fully saturated rings. The Hall–Kier alpha value is -8.28. The zero-order chi connectivity index (χ0) is 41.4. The Labute approximate surface area is 365 Å². The van der Waals surface area contributed by atoms with E-state index < -0.39 is 0 Å². The van der Waals surface area contributed by atoms with Crippen LogP contribution in [0, 0.1) is 0 Å². The van der Waals surface area contributed by atoms with Gasteiger partial charge in [0, 0.05) is 56.1 Å². The molecule has 2 atom stereocenters. The summed E-state index contributed by atoms with van der Waals surface area (Å²) in [5.41, 5.74) is 18.6.